The maximum atomic E-state index is 9.01. The first-order valence-electron chi connectivity index (χ1n) is 11.4. The molecule has 0 bridgehead atoms. The molecule has 3 aliphatic carbocycles. The SMILES string of the molecule is CCOC1CCC(C2CCC3CC(c4ccc(C#N)cc4)CCC3C2)CC1. The van der Waals surface area contributed by atoms with E-state index in [1.165, 1.54) is 69.8 Å². The fraction of sp³-hybridized carbons (Fsp3) is 0.720. The Bertz CT molecular complexity index is 637. The highest BCUT2D eigenvalue weighted by Gasteiger charge is 2.39. The van der Waals surface area contributed by atoms with Gasteiger partial charge >= 0.3 is 0 Å². The fourth-order valence-corrected chi connectivity index (χ4v) is 6.45. The van der Waals surface area contributed by atoms with Crippen LogP contribution in [0.15, 0.2) is 24.3 Å². The van der Waals surface area contributed by atoms with Gasteiger partial charge in [-0.25, -0.2) is 0 Å². The van der Waals surface area contributed by atoms with Gasteiger partial charge in [0.2, 0.25) is 0 Å². The van der Waals surface area contributed by atoms with Crippen LogP contribution in [0, 0.1) is 35.0 Å². The van der Waals surface area contributed by atoms with Crippen molar-refractivity contribution in [2.75, 3.05) is 6.61 Å². The summed E-state index contributed by atoms with van der Waals surface area (Å²) in [7, 11) is 0. The molecular formula is C25H35NO. The second-order valence-corrected chi connectivity index (χ2v) is 9.33. The zero-order valence-corrected chi connectivity index (χ0v) is 16.9. The van der Waals surface area contributed by atoms with Crippen molar-refractivity contribution in [3.8, 4) is 6.07 Å². The molecule has 1 aromatic rings. The second-order valence-electron chi connectivity index (χ2n) is 9.33. The van der Waals surface area contributed by atoms with Gasteiger partial charge in [0.05, 0.1) is 17.7 Å². The molecule has 2 heteroatoms. The highest BCUT2D eigenvalue weighted by molar-refractivity contribution is 5.33. The van der Waals surface area contributed by atoms with Crippen LogP contribution in [0.2, 0.25) is 0 Å². The van der Waals surface area contributed by atoms with Crippen molar-refractivity contribution in [2.45, 2.75) is 83.2 Å². The largest absolute Gasteiger partial charge is 0.379 e. The minimum absolute atomic E-state index is 0.547. The van der Waals surface area contributed by atoms with Gasteiger partial charge < -0.3 is 4.74 Å². The van der Waals surface area contributed by atoms with Crippen LogP contribution in [0.5, 0.6) is 0 Å². The van der Waals surface area contributed by atoms with Crippen LogP contribution < -0.4 is 0 Å². The Morgan fingerprint density at radius 3 is 2.07 bits per heavy atom. The highest BCUT2D eigenvalue weighted by Crippen LogP contribution is 2.50. The Morgan fingerprint density at radius 2 is 1.41 bits per heavy atom. The maximum Gasteiger partial charge on any atom is 0.0991 e. The molecule has 0 amide bonds. The van der Waals surface area contributed by atoms with Crippen LogP contribution in [0.3, 0.4) is 0 Å². The van der Waals surface area contributed by atoms with E-state index in [2.05, 4.69) is 25.1 Å². The Labute approximate surface area is 165 Å². The van der Waals surface area contributed by atoms with Crippen LogP contribution >= 0.6 is 0 Å². The van der Waals surface area contributed by atoms with Gasteiger partial charge in [-0.2, -0.15) is 5.26 Å². The molecule has 0 saturated heterocycles. The number of ether oxygens (including phenoxy) is 1. The summed E-state index contributed by atoms with van der Waals surface area (Å²) in [5.41, 5.74) is 2.25. The minimum atomic E-state index is 0.547. The summed E-state index contributed by atoms with van der Waals surface area (Å²) in [5, 5.41) is 9.01. The average molecular weight is 366 g/mol. The summed E-state index contributed by atoms with van der Waals surface area (Å²) in [6.45, 7) is 3.00. The van der Waals surface area contributed by atoms with Crippen molar-refractivity contribution in [2.24, 2.45) is 23.7 Å². The van der Waals surface area contributed by atoms with E-state index >= 15 is 0 Å². The highest BCUT2D eigenvalue weighted by atomic mass is 16.5. The van der Waals surface area contributed by atoms with Gasteiger partial charge in [-0.05, 0) is 118 Å². The van der Waals surface area contributed by atoms with Gasteiger partial charge in [0, 0.05) is 6.61 Å². The summed E-state index contributed by atoms with van der Waals surface area (Å²) >= 11 is 0. The summed E-state index contributed by atoms with van der Waals surface area (Å²) < 4.78 is 5.85. The molecule has 0 spiro atoms. The molecule has 4 rings (SSSR count). The van der Waals surface area contributed by atoms with E-state index in [1.54, 1.807) is 0 Å². The topological polar surface area (TPSA) is 33.0 Å². The number of hydrogen-bond donors (Lipinski definition) is 0. The van der Waals surface area contributed by atoms with Crippen LogP contribution in [0.1, 0.15) is 88.2 Å². The molecule has 1 aromatic carbocycles. The second kappa shape index (κ2) is 8.78. The molecule has 2 nitrogen and oxygen atoms in total. The maximum absolute atomic E-state index is 9.01. The van der Waals surface area contributed by atoms with Crippen LogP contribution in [-0.2, 0) is 4.74 Å². The van der Waals surface area contributed by atoms with E-state index in [-0.39, 0.29) is 0 Å². The lowest BCUT2D eigenvalue weighted by Gasteiger charge is -2.45. The van der Waals surface area contributed by atoms with Crippen LogP contribution in [-0.4, -0.2) is 12.7 Å². The lowest BCUT2D eigenvalue weighted by atomic mass is 9.60. The normalized spacial score (nSPS) is 36.6. The lowest BCUT2D eigenvalue weighted by Crippen LogP contribution is -2.35. The smallest absolute Gasteiger partial charge is 0.0991 e. The van der Waals surface area contributed by atoms with Gasteiger partial charge in [-0.1, -0.05) is 12.1 Å². The number of fused-ring (bicyclic) bond motifs is 1. The molecule has 146 valence electrons. The van der Waals surface area contributed by atoms with Crippen molar-refractivity contribution >= 4 is 0 Å². The Balaban J connectivity index is 1.29. The fourth-order valence-electron chi connectivity index (χ4n) is 6.45. The van der Waals surface area contributed by atoms with Gasteiger partial charge in [0.15, 0.2) is 0 Å². The number of rotatable bonds is 4. The third-order valence-electron chi connectivity index (χ3n) is 7.95. The summed E-state index contributed by atoms with van der Waals surface area (Å²) in [4.78, 5) is 0. The van der Waals surface area contributed by atoms with E-state index in [4.69, 9.17) is 10.00 Å². The zero-order chi connectivity index (χ0) is 18.6. The van der Waals surface area contributed by atoms with Gasteiger partial charge in [0.1, 0.15) is 0 Å². The van der Waals surface area contributed by atoms with Gasteiger partial charge in [-0.3, -0.25) is 0 Å². The van der Waals surface area contributed by atoms with E-state index < -0.39 is 0 Å². The average Bonchev–Trinajstić information content (AvgIpc) is 2.74. The molecule has 4 atom stereocenters. The molecule has 0 aromatic heterocycles. The van der Waals surface area contributed by atoms with Gasteiger partial charge in [0.25, 0.3) is 0 Å². The molecule has 0 radical (unpaired) electrons. The third-order valence-corrected chi connectivity index (χ3v) is 7.95. The van der Waals surface area contributed by atoms with Crippen molar-refractivity contribution in [3.63, 3.8) is 0 Å². The van der Waals surface area contributed by atoms with E-state index in [0.29, 0.717) is 6.10 Å². The molecular weight excluding hydrogens is 330 g/mol. The third kappa shape index (κ3) is 4.40. The minimum Gasteiger partial charge on any atom is -0.379 e. The predicted octanol–water partition coefficient (Wildman–Crippen LogP) is 6.45. The van der Waals surface area contributed by atoms with Crippen molar-refractivity contribution in [3.05, 3.63) is 35.4 Å². The molecule has 4 unspecified atom stereocenters. The van der Waals surface area contributed by atoms with Crippen LogP contribution in [0.4, 0.5) is 0 Å². The Hall–Kier alpha value is -1.33. The van der Waals surface area contributed by atoms with Crippen LogP contribution in [0.25, 0.3) is 0 Å². The lowest BCUT2D eigenvalue weighted by molar-refractivity contribution is 0.00583. The first-order valence-corrected chi connectivity index (χ1v) is 11.4. The van der Waals surface area contributed by atoms with Crippen molar-refractivity contribution in [1.29, 1.82) is 5.26 Å². The standard InChI is InChI=1S/C25H35NO/c1-2-27-25-13-11-20(12-14-25)22-8-10-23-15-21(7-9-24(23)16-22)19-5-3-18(17-26)4-6-19/h3-6,20-25H,2,7-16H2,1H3. The first-order chi connectivity index (χ1) is 13.3. The zero-order valence-electron chi connectivity index (χ0n) is 16.9. The number of nitrogens with zero attached hydrogens (tertiary/aromatic N) is 1. The number of nitriles is 1. The molecule has 0 aliphatic heterocycles. The molecule has 27 heavy (non-hydrogen) atoms. The number of benzene rings is 1. The molecule has 3 saturated carbocycles. The molecule has 3 aliphatic rings. The Morgan fingerprint density at radius 1 is 0.815 bits per heavy atom. The van der Waals surface area contributed by atoms with E-state index in [9.17, 15) is 0 Å². The van der Waals surface area contributed by atoms with Crippen molar-refractivity contribution < 1.29 is 4.74 Å². The molecule has 3 fully saturated rings. The molecule has 0 N–H and O–H groups in total. The number of hydrogen-bond acceptors (Lipinski definition) is 2. The van der Waals surface area contributed by atoms with E-state index in [1.807, 2.05) is 12.1 Å². The summed E-state index contributed by atoms with van der Waals surface area (Å²) in [6, 6.07) is 10.6. The van der Waals surface area contributed by atoms with Gasteiger partial charge in [-0.15, -0.1) is 0 Å². The molecule has 0 heterocycles. The summed E-state index contributed by atoms with van der Waals surface area (Å²) in [5.74, 6) is 4.59. The first kappa shape index (κ1) is 19.0. The summed E-state index contributed by atoms with van der Waals surface area (Å²) in [6.07, 6.45) is 14.5. The van der Waals surface area contributed by atoms with Crippen molar-refractivity contribution in [1.82, 2.24) is 0 Å². The Kier molecular flexibility index (Phi) is 6.18. The predicted molar refractivity (Wildman–Crippen MR) is 109 cm³/mol. The quantitative estimate of drug-likeness (QED) is 0.614. The van der Waals surface area contributed by atoms with E-state index in [0.717, 1.165) is 41.8 Å². The monoisotopic (exact) mass is 365 g/mol.